The molecule has 56 heavy (non-hydrogen) atoms. The summed E-state index contributed by atoms with van der Waals surface area (Å²) in [6.45, 7) is 10.1. The predicted octanol–water partition coefficient (Wildman–Crippen LogP) is 8.67. The molecule has 0 aliphatic heterocycles. The van der Waals surface area contributed by atoms with E-state index in [9.17, 15) is 0 Å². The van der Waals surface area contributed by atoms with Crippen LogP contribution in [0.4, 0.5) is 0 Å². The van der Waals surface area contributed by atoms with Crippen LogP contribution in [0.15, 0.2) is 57.4 Å². The smallest absolute Gasteiger partial charge is 0.226 e. The summed E-state index contributed by atoms with van der Waals surface area (Å²) in [4.78, 5) is 9.29. The maximum Gasteiger partial charge on any atom is 0.226 e. The number of aryl methyl sites for hydroxylation is 5. The number of nitriles is 1. The first-order chi connectivity index (χ1) is 27.3. The van der Waals surface area contributed by atoms with Crippen molar-refractivity contribution in [2.45, 2.75) is 136 Å². The van der Waals surface area contributed by atoms with E-state index in [1.807, 2.05) is 38.1 Å². The summed E-state index contributed by atoms with van der Waals surface area (Å²) in [5, 5.41) is 22.6. The van der Waals surface area contributed by atoms with E-state index in [1.165, 1.54) is 11.1 Å². The van der Waals surface area contributed by atoms with Gasteiger partial charge in [-0.2, -0.15) is 10.5 Å². The lowest BCUT2D eigenvalue weighted by atomic mass is 9.95. The third kappa shape index (κ3) is 12.4. The van der Waals surface area contributed by atoms with Crippen LogP contribution >= 0.6 is 0 Å². The van der Waals surface area contributed by atoms with Gasteiger partial charge in [-0.1, -0.05) is 40.6 Å². The summed E-state index contributed by atoms with van der Waals surface area (Å²) in [6.07, 6.45) is 11.2. The molecular formula is C43H55N7O6. The lowest BCUT2D eigenvalue weighted by Gasteiger charge is -2.29. The SMILES string of the molecule is Cc1cccc(-c2nc(CO[C@H]3CCC[C@@H](OCCC#N)C3)c(C)o2)c1.Cc1cccc(-c2nc(CO[C@H]3CCC[C@@H](OCCCc4nn[nH]n4)C3)c(C)o2)c1. The topological polar surface area (TPSA) is 167 Å². The second-order valence-corrected chi connectivity index (χ2v) is 14.8. The Labute approximate surface area is 329 Å². The Morgan fingerprint density at radius 3 is 1.71 bits per heavy atom. The highest BCUT2D eigenvalue weighted by atomic mass is 16.5. The van der Waals surface area contributed by atoms with Gasteiger partial charge in [0.2, 0.25) is 11.8 Å². The molecule has 5 aromatic rings. The van der Waals surface area contributed by atoms with Gasteiger partial charge in [0.1, 0.15) is 22.9 Å². The highest BCUT2D eigenvalue weighted by molar-refractivity contribution is 5.55. The molecular weight excluding hydrogens is 711 g/mol. The molecule has 2 aliphatic carbocycles. The number of aromatic nitrogens is 6. The Balaban J connectivity index is 0.000000192. The lowest BCUT2D eigenvalue weighted by Crippen LogP contribution is -2.28. The fourth-order valence-electron chi connectivity index (χ4n) is 7.17. The predicted molar refractivity (Wildman–Crippen MR) is 209 cm³/mol. The molecule has 3 heterocycles. The maximum absolute atomic E-state index is 8.61. The Kier molecular flexibility index (Phi) is 15.3. The Bertz CT molecular complexity index is 1970. The van der Waals surface area contributed by atoms with E-state index in [4.69, 9.17) is 33.0 Å². The molecule has 0 bridgehead atoms. The quantitative estimate of drug-likeness (QED) is 0.0951. The number of rotatable bonds is 16. The van der Waals surface area contributed by atoms with E-state index in [0.717, 1.165) is 104 Å². The molecule has 2 aromatic carbocycles. The molecule has 13 heteroatoms. The van der Waals surface area contributed by atoms with Crippen molar-refractivity contribution in [2.75, 3.05) is 13.2 Å². The van der Waals surface area contributed by atoms with Crippen LogP contribution in [0.2, 0.25) is 0 Å². The number of ether oxygens (including phenoxy) is 4. The molecule has 0 spiro atoms. The minimum Gasteiger partial charge on any atom is -0.441 e. The van der Waals surface area contributed by atoms with Crippen LogP contribution in [0, 0.1) is 39.0 Å². The molecule has 0 radical (unpaired) electrons. The highest BCUT2D eigenvalue weighted by Crippen LogP contribution is 2.29. The number of nitrogens with one attached hydrogen (secondary N) is 1. The van der Waals surface area contributed by atoms with Crippen LogP contribution in [0.1, 0.15) is 104 Å². The molecule has 7 rings (SSSR count). The fraction of sp³-hybridized carbons (Fsp3) is 0.535. The van der Waals surface area contributed by atoms with Gasteiger partial charge in [-0.25, -0.2) is 9.97 Å². The highest BCUT2D eigenvalue weighted by Gasteiger charge is 2.25. The van der Waals surface area contributed by atoms with Gasteiger partial charge in [0.15, 0.2) is 5.82 Å². The maximum atomic E-state index is 8.61. The molecule has 2 fully saturated rings. The molecule has 4 atom stereocenters. The Morgan fingerprint density at radius 2 is 1.23 bits per heavy atom. The number of tetrazole rings is 1. The second-order valence-electron chi connectivity index (χ2n) is 14.8. The normalized spacial score (nSPS) is 19.6. The zero-order chi connectivity index (χ0) is 39.1. The van der Waals surface area contributed by atoms with Crippen LogP contribution < -0.4 is 0 Å². The van der Waals surface area contributed by atoms with E-state index in [1.54, 1.807) is 0 Å². The van der Waals surface area contributed by atoms with Crippen molar-refractivity contribution in [3.63, 3.8) is 0 Å². The lowest BCUT2D eigenvalue weighted by molar-refractivity contribution is -0.0514. The number of aromatic amines is 1. The van der Waals surface area contributed by atoms with Crippen LogP contribution in [0.3, 0.4) is 0 Å². The van der Waals surface area contributed by atoms with Crippen molar-refractivity contribution >= 4 is 0 Å². The first kappa shape index (κ1) is 40.9. The average molecular weight is 766 g/mol. The summed E-state index contributed by atoms with van der Waals surface area (Å²) in [7, 11) is 0. The fourth-order valence-corrected chi connectivity index (χ4v) is 7.17. The zero-order valence-corrected chi connectivity index (χ0v) is 33.2. The number of hydrogen-bond acceptors (Lipinski definition) is 12. The Hall–Kier alpha value is -4.74. The summed E-state index contributed by atoms with van der Waals surface area (Å²) < 4.78 is 35.8. The molecule has 1 N–H and O–H groups in total. The van der Waals surface area contributed by atoms with Crippen LogP contribution in [-0.2, 0) is 38.6 Å². The molecule has 0 unspecified atom stereocenters. The minimum absolute atomic E-state index is 0.175. The first-order valence-electron chi connectivity index (χ1n) is 19.9. The molecule has 298 valence electrons. The van der Waals surface area contributed by atoms with E-state index in [2.05, 4.69) is 74.8 Å². The van der Waals surface area contributed by atoms with Crippen molar-refractivity contribution in [1.82, 2.24) is 30.6 Å². The molecule has 0 amide bonds. The second kappa shape index (κ2) is 21.0. The van der Waals surface area contributed by atoms with Gasteiger partial charge in [0.05, 0.1) is 56.7 Å². The van der Waals surface area contributed by atoms with E-state index < -0.39 is 0 Å². The van der Waals surface area contributed by atoms with Gasteiger partial charge < -0.3 is 27.8 Å². The number of nitrogens with zero attached hydrogens (tertiary/aromatic N) is 6. The number of H-pyrrole nitrogens is 1. The van der Waals surface area contributed by atoms with Gasteiger partial charge in [-0.15, -0.1) is 10.2 Å². The number of benzene rings is 2. The third-order valence-electron chi connectivity index (χ3n) is 10.2. The van der Waals surface area contributed by atoms with E-state index in [0.29, 0.717) is 44.6 Å². The van der Waals surface area contributed by atoms with Crippen LogP contribution in [0.5, 0.6) is 0 Å². The van der Waals surface area contributed by atoms with Crippen molar-refractivity contribution in [3.8, 4) is 29.0 Å². The summed E-state index contributed by atoms with van der Waals surface area (Å²) in [5.41, 5.74) is 6.08. The molecule has 3 aromatic heterocycles. The van der Waals surface area contributed by atoms with Crippen LogP contribution in [-0.4, -0.2) is 68.2 Å². The van der Waals surface area contributed by atoms with Gasteiger partial charge in [0, 0.05) is 24.2 Å². The minimum atomic E-state index is 0.175. The van der Waals surface area contributed by atoms with Crippen LogP contribution in [0.25, 0.3) is 22.9 Å². The summed E-state index contributed by atoms with van der Waals surface area (Å²) in [5.74, 6) is 3.65. The molecule has 2 saturated carbocycles. The first-order valence-corrected chi connectivity index (χ1v) is 19.9. The standard InChI is InChI=1S/C22H29N5O3.C21H26N2O3/c1-15-6-3-7-17(12-15)22-23-20(16(2)30-22)14-29-19-9-4-8-18(13-19)28-11-5-10-21-24-26-27-25-21;1-15-6-3-7-17(12-15)21-23-20(16(2)26-21)14-25-19-9-4-8-18(13-19)24-11-5-10-22/h3,6-7,12,18-19H,4-5,8-11,13-14H2,1-2H3,(H,24,25,26,27);3,6-7,12,18-19H,4-5,8-9,11,13-14H2,1-2H3/t2*18-,19+/m11/s1. The van der Waals surface area contributed by atoms with E-state index in [-0.39, 0.29) is 24.4 Å². The summed E-state index contributed by atoms with van der Waals surface area (Å²) >= 11 is 0. The van der Waals surface area contributed by atoms with Gasteiger partial charge in [0.25, 0.3) is 0 Å². The van der Waals surface area contributed by atoms with Crippen molar-refractivity contribution in [3.05, 3.63) is 88.4 Å². The van der Waals surface area contributed by atoms with E-state index >= 15 is 0 Å². The summed E-state index contributed by atoms with van der Waals surface area (Å²) in [6, 6.07) is 18.4. The van der Waals surface area contributed by atoms with Crippen molar-refractivity contribution in [2.24, 2.45) is 0 Å². The number of hydrogen-bond donors (Lipinski definition) is 1. The molecule has 0 saturated heterocycles. The Morgan fingerprint density at radius 1 is 0.714 bits per heavy atom. The third-order valence-corrected chi connectivity index (χ3v) is 10.2. The molecule has 13 nitrogen and oxygen atoms in total. The zero-order valence-electron chi connectivity index (χ0n) is 33.2. The molecule has 2 aliphatic rings. The van der Waals surface area contributed by atoms with Crippen molar-refractivity contribution in [1.29, 1.82) is 5.26 Å². The average Bonchev–Trinajstić information content (AvgIpc) is 3.96. The van der Waals surface area contributed by atoms with Crippen molar-refractivity contribution < 1.29 is 27.8 Å². The van der Waals surface area contributed by atoms with Gasteiger partial charge >= 0.3 is 0 Å². The van der Waals surface area contributed by atoms with Gasteiger partial charge in [-0.3, -0.25) is 0 Å². The number of oxazole rings is 2. The monoisotopic (exact) mass is 765 g/mol. The van der Waals surface area contributed by atoms with Gasteiger partial charge in [-0.05, 0) is 110 Å². The largest absolute Gasteiger partial charge is 0.441 e.